The molecule has 0 spiro atoms. The SMILES string of the molecule is CC(C)C[C@@](C)(COc1ccc(-c2ccnc3ccnn23)cc1Cl)OC(N)=O. The summed E-state index contributed by atoms with van der Waals surface area (Å²) in [7, 11) is 0. The zero-order chi connectivity index (χ0) is 20.3. The van der Waals surface area contributed by atoms with Crippen molar-refractivity contribution in [2.45, 2.75) is 32.8 Å². The van der Waals surface area contributed by atoms with Crippen molar-refractivity contribution in [3.8, 4) is 17.0 Å². The van der Waals surface area contributed by atoms with E-state index in [2.05, 4.69) is 10.1 Å². The van der Waals surface area contributed by atoms with E-state index in [4.69, 9.17) is 26.8 Å². The second-order valence-corrected chi connectivity index (χ2v) is 7.74. The summed E-state index contributed by atoms with van der Waals surface area (Å²) in [5.74, 6) is 0.799. The Labute approximate surface area is 168 Å². The largest absolute Gasteiger partial charge is 0.488 e. The van der Waals surface area contributed by atoms with Crippen LogP contribution in [0.3, 0.4) is 0 Å². The molecule has 0 aliphatic carbocycles. The van der Waals surface area contributed by atoms with Gasteiger partial charge >= 0.3 is 6.09 Å². The van der Waals surface area contributed by atoms with Gasteiger partial charge in [0.1, 0.15) is 18.0 Å². The van der Waals surface area contributed by atoms with E-state index < -0.39 is 11.7 Å². The van der Waals surface area contributed by atoms with Crippen molar-refractivity contribution in [2.75, 3.05) is 6.61 Å². The van der Waals surface area contributed by atoms with Crippen LogP contribution in [0.15, 0.2) is 42.7 Å². The van der Waals surface area contributed by atoms with Crippen LogP contribution in [0.5, 0.6) is 5.75 Å². The van der Waals surface area contributed by atoms with Crippen molar-refractivity contribution in [1.82, 2.24) is 14.6 Å². The topological polar surface area (TPSA) is 91.7 Å². The number of amides is 1. The van der Waals surface area contributed by atoms with Gasteiger partial charge in [0.15, 0.2) is 5.65 Å². The fourth-order valence-electron chi connectivity index (χ4n) is 3.30. The van der Waals surface area contributed by atoms with Gasteiger partial charge in [-0.2, -0.15) is 5.10 Å². The summed E-state index contributed by atoms with van der Waals surface area (Å²) in [6, 6.07) is 9.19. The minimum Gasteiger partial charge on any atom is -0.488 e. The number of rotatable bonds is 7. The lowest BCUT2D eigenvalue weighted by atomic mass is 9.95. The first kappa shape index (κ1) is 19.9. The number of hydrogen-bond acceptors (Lipinski definition) is 5. The molecule has 0 bridgehead atoms. The fourth-order valence-corrected chi connectivity index (χ4v) is 3.53. The van der Waals surface area contributed by atoms with Gasteiger partial charge in [0.05, 0.1) is 16.9 Å². The minimum atomic E-state index is -0.839. The van der Waals surface area contributed by atoms with Crippen molar-refractivity contribution in [2.24, 2.45) is 11.7 Å². The zero-order valence-corrected chi connectivity index (χ0v) is 16.8. The highest BCUT2D eigenvalue weighted by Gasteiger charge is 2.30. The van der Waals surface area contributed by atoms with E-state index in [-0.39, 0.29) is 6.61 Å². The van der Waals surface area contributed by atoms with Gasteiger partial charge < -0.3 is 15.2 Å². The molecule has 1 atom stereocenters. The molecule has 0 radical (unpaired) electrons. The molecule has 2 aromatic heterocycles. The number of halogens is 1. The van der Waals surface area contributed by atoms with E-state index in [1.807, 2.05) is 38.1 Å². The average molecular weight is 403 g/mol. The van der Waals surface area contributed by atoms with E-state index in [1.165, 1.54) is 0 Å². The Morgan fingerprint density at radius 3 is 2.75 bits per heavy atom. The van der Waals surface area contributed by atoms with E-state index in [9.17, 15) is 4.79 Å². The van der Waals surface area contributed by atoms with Gasteiger partial charge in [0.25, 0.3) is 0 Å². The minimum absolute atomic E-state index is 0.145. The average Bonchev–Trinajstić information content (AvgIpc) is 3.08. The highest BCUT2D eigenvalue weighted by Crippen LogP contribution is 2.32. The van der Waals surface area contributed by atoms with Crippen LogP contribution >= 0.6 is 11.6 Å². The fraction of sp³-hybridized carbons (Fsp3) is 0.350. The van der Waals surface area contributed by atoms with Gasteiger partial charge in [-0.15, -0.1) is 0 Å². The molecule has 0 unspecified atom stereocenters. The van der Waals surface area contributed by atoms with Gasteiger partial charge in [-0.25, -0.2) is 14.3 Å². The molecule has 3 rings (SSSR count). The first-order valence-electron chi connectivity index (χ1n) is 8.97. The molecular formula is C20H23ClN4O3. The maximum Gasteiger partial charge on any atom is 0.405 e. The summed E-state index contributed by atoms with van der Waals surface area (Å²) >= 11 is 6.44. The molecule has 2 heterocycles. The number of fused-ring (bicyclic) bond motifs is 1. The van der Waals surface area contributed by atoms with Gasteiger partial charge in [-0.1, -0.05) is 25.4 Å². The highest BCUT2D eigenvalue weighted by molar-refractivity contribution is 6.32. The Balaban J connectivity index is 1.81. The number of primary amides is 1. The van der Waals surface area contributed by atoms with Crippen LogP contribution in [0.4, 0.5) is 4.79 Å². The number of benzene rings is 1. The normalized spacial score (nSPS) is 13.5. The lowest BCUT2D eigenvalue weighted by Crippen LogP contribution is -2.41. The summed E-state index contributed by atoms with van der Waals surface area (Å²) in [5.41, 5.74) is 6.88. The molecule has 148 valence electrons. The summed E-state index contributed by atoms with van der Waals surface area (Å²) in [6.45, 7) is 6.02. The molecule has 8 heteroatoms. The van der Waals surface area contributed by atoms with Crippen LogP contribution in [-0.2, 0) is 4.74 Å². The van der Waals surface area contributed by atoms with Crippen molar-refractivity contribution in [3.05, 3.63) is 47.7 Å². The molecule has 3 aromatic rings. The van der Waals surface area contributed by atoms with Crippen LogP contribution in [0, 0.1) is 5.92 Å². The Hall–Kier alpha value is -2.80. The van der Waals surface area contributed by atoms with E-state index in [1.54, 1.807) is 29.9 Å². The third kappa shape index (κ3) is 4.54. The Morgan fingerprint density at radius 2 is 2.07 bits per heavy atom. The number of carbonyl (C=O) groups excluding carboxylic acids is 1. The van der Waals surface area contributed by atoms with Crippen LogP contribution < -0.4 is 10.5 Å². The Morgan fingerprint density at radius 1 is 1.29 bits per heavy atom. The molecule has 0 aliphatic heterocycles. The predicted molar refractivity (Wildman–Crippen MR) is 107 cm³/mol. The summed E-state index contributed by atoms with van der Waals surface area (Å²) < 4.78 is 12.9. The summed E-state index contributed by atoms with van der Waals surface area (Å²) in [5, 5.41) is 4.74. The Kier molecular flexibility index (Phi) is 5.74. The third-order valence-corrected chi connectivity index (χ3v) is 4.53. The van der Waals surface area contributed by atoms with Crippen molar-refractivity contribution in [3.63, 3.8) is 0 Å². The van der Waals surface area contributed by atoms with Crippen molar-refractivity contribution >= 4 is 23.3 Å². The second-order valence-electron chi connectivity index (χ2n) is 7.33. The molecule has 0 saturated heterocycles. The molecule has 0 fully saturated rings. The van der Waals surface area contributed by atoms with Crippen LogP contribution in [0.2, 0.25) is 5.02 Å². The number of hydrogen-bond donors (Lipinski definition) is 1. The first-order chi connectivity index (χ1) is 13.3. The van der Waals surface area contributed by atoms with E-state index >= 15 is 0 Å². The van der Waals surface area contributed by atoms with E-state index in [0.29, 0.717) is 23.1 Å². The molecule has 2 N–H and O–H groups in total. The molecule has 0 saturated carbocycles. The van der Waals surface area contributed by atoms with Gasteiger partial charge in [-0.3, -0.25) is 0 Å². The number of nitrogens with zero attached hydrogens (tertiary/aromatic N) is 3. The van der Waals surface area contributed by atoms with Gasteiger partial charge in [0.2, 0.25) is 0 Å². The van der Waals surface area contributed by atoms with Gasteiger partial charge in [-0.05, 0) is 43.5 Å². The lowest BCUT2D eigenvalue weighted by Gasteiger charge is -2.30. The smallest absolute Gasteiger partial charge is 0.405 e. The van der Waals surface area contributed by atoms with Crippen molar-refractivity contribution in [1.29, 1.82) is 0 Å². The third-order valence-electron chi connectivity index (χ3n) is 4.24. The predicted octanol–water partition coefficient (Wildman–Crippen LogP) is 4.33. The maximum absolute atomic E-state index is 11.3. The molecular weight excluding hydrogens is 380 g/mol. The van der Waals surface area contributed by atoms with Crippen LogP contribution in [0.1, 0.15) is 27.2 Å². The zero-order valence-electron chi connectivity index (χ0n) is 16.1. The molecule has 7 nitrogen and oxygen atoms in total. The Bertz CT molecular complexity index is 988. The monoisotopic (exact) mass is 402 g/mol. The summed E-state index contributed by atoms with van der Waals surface area (Å²) in [6.07, 6.45) is 3.21. The number of nitrogens with two attached hydrogens (primary N) is 1. The van der Waals surface area contributed by atoms with Crippen LogP contribution in [0.25, 0.3) is 16.9 Å². The molecule has 1 amide bonds. The lowest BCUT2D eigenvalue weighted by molar-refractivity contribution is -0.0185. The number of aromatic nitrogens is 3. The summed E-state index contributed by atoms with van der Waals surface area (Å²) in [4.78, 5) is 15.5. The van der Waals surface area contributed by atoms with Gasteiger partial charge in [0, 0.05) is 17.8 Å². The highest BCUT2D eigenvalue weighted by atomic mass is 35.5. The van der Waals surface area contributed by atoms with E-state index in [0.717, 1.165) is 16.9 Å². The molecule has 1 aromatic carbocycles. The molecule has 28 heavy (non-hydrogen) atoms. The van der Waals surface area contributed by atoms with Crippen LogP contribution in [-0.4, -0.2) is 32.9 Å². The van der Waals surface area contributed by atoms with Crippen molar-refractivity contribution < 1.29 is 14.3 Å². The standard InChI is InChI=1S/C20H23ClN4O3/c1-13(2)11-20(3,28-19(22)26)12-27-17-5-4-14(10-15(17)21)16-6-8-23-18-7-9-24-25(16)18/h4-10,13H,11-12H2,1-3H3,(H2,22,26)/t20-/m0/s1. The first-order valence-corrected chi connectivity index (χ1v) is 9.35. The number of ether oxygens (including phenoxy) is 2. The quantitative estimate of drug-likeness (QED) is 0.635. The number of carbonyl (C=O) groups is 1. The molecule has 0 aliphatic rings. The maximum atomic E-state index is 11.3. The second kappa shape index (κ2) is 8.06.